The van der Waals surface area contributed by atoms with Gasteiger partial charge in [0.2, 0.25) is 0 Å². The lowest BCUT2D eigenvalue weighted by Crippen LogP contribution is -2.38. The molecule has 0 spiro atoms. The Hall–Kier alpha value is -1.42. The molecule has 96 valence electrons. The van der Waals surface area contributed by atoms with Crippen LogP contribution in [0.25, 0.3) is 0 Å². The van der Waals surface area contributed by atoms with Gasteiger partial charge in [-0.1, -0.05) is 0 Å². The van der Waals surface area contributed by atoms with Crippen LogP contribution in [0.1, 0.15) is 41.7 Å². The molecule has 3 rings (SSSR count). The van der Waals surface area contributed by atoms with Crippen LogP contribution >= 0.6 is 0 Å². The molecule has 2 aliphatic heterocycles. The van der Waals surface area contributed by atoms with E-state index in [9.17, 15) is 4.79 Å². The van der Waals surface area contributed by atoms with Gasteiger partial charge in [0.25, 0.3) is 0 Å². The number of hydrogen-bond donors (Lipinski definition) is 2. The smallest absolute Gasteiger partial charge is 0.337 e. The molecule has 0 saturated carbocycles. The third kappa shape index (κ3) is 2.38. The Morgan fingerprint density at radius 1 is 1.33 bits per heavy atom. The van der Waals surface area contributed by atoms with E-state index in [1.807, 2.05) is 6.07 Å². The second-order valence-electron chi connectivity index (χ2n) is 5.52. The maximum absolute atomic E-state index is 10.7. The van der Waals surface area contributed by atoms with Crippen LogP contribution in [0.3, 0.4) is 0 Å². The number of nitrogens with one attached hydrogen (secondary N) is 1. The number of nitrogens with zero attached hydrogens (tertiary/aromatic N) is 1. The van der Waals surface area contributed by atoms with E-state index >= 15 is 0 Å². The molecule has 3 atom stereocenters. The van der Waals surface area contributed by atoms with Gasteiger partial charge >= 0.3 is 5.97 Å². The number of aromatic nitrogens is 1. The minimum absolute atomic E-state index is 0.268. The first-order valence-electron chi connectivity index (χ1n) is 6.65. The predicted molar refractivity (Wildman–Crippen MR) is 67.6 cm³/mol. The lowest BCUT2D eigenvalue weighted by atomic mass is 9.88. The van der Waals surface area contributed by atoms with E-state index in [4.69, 9.17) is 5.11 Å². The Bertz CT molecular complexity index is 432. The summed E-state index contributed by atoms with van der Waals surface area (Å²) >= 11 is 0. The molecule has 2 aliphatic rings. The predicted octanol–water partition coefficient (Wildman–Crippen LogP) is 1.85. The Morgan fingerprint density at radius 2 is 2.06 bits per heavy atom. The van der Waals surface area contributed by atoms with E-state index in [2.05, 4.69) is 10.3 Å². The molecule has 1 aromatic heterocycles. The molecule has 0 aliphatic carbocycles. The minimum Gasteiger partial charge on any atom is -0.478 e. The number of carboxylic acid groups (broad SMARTS) is 1. The average Bonchev–Trinajstić information content (AvgIpc) is 2.69. The van der Waals surface area contributed by atoms with Gasteiger partial charge in [0.1, 0.15) is 0 Å². The van der Waals surface area contributed by atoms with Crippen molar-refractivity contribution in [1.82, 2.24) is 10.3 Å². The van der Waals surface area contributed by atoms with Crippen molar-refractivity contribution < 1.29 is 9.90 Å². The first-order valence-corrected chi connectivity index (χ1v) is 6.65. The van der Waals surface area contributed by atoms with Gasteiger partial charge in [-0.15, -0.1) is 0 Å². The highest BCUT2D eigenvalue weighted by Gasteiger charge is 2.33. The van der Waals surface area contributed by atoms with Gasteiger partial charge in [-0.3, -0.25) is 4.98 Å². The zero-order valence-electron chi connectivity index (χ0n) is 10.3. The average molecular weight is 246 g/mol. The summed E-state index contributed by atoms with van der Waals surface area (Å²) in [5.74, 6) is -0.208. The number of carboxylic acids is 1. The van der Waals surface area contributed by atoms with Crippen LogP contribution in [0, 0.1) is 5.92 Å². The van der Waals surface area contributed by atoms with E-state index in [-0.39, 0.29) is 5.56 Å². The Labute approximate surface area is 106 Å². The van der Waals surface area contributed by atoms with Crippen LogP contribution in [0.15, 0.2) is 18.3 Å². The van der Waals surface area contributed by atoms with Crippen molar-refractivity contribution >= 4 is 5.97 Å². The number of fused-ring (bicyclic) bond motifs is 2. The molecule has 2 bridgehead atoms. The van der Waals surface area contributed by atoms with Crippen molar-refractivity contribution in [2.75, 3.05) is 0 Å². The summed E-state index contributed by atoms with van der Waals surface area (Å²) < 4.78 is 0. The summed E-state index contributed by atoms with van der Waals surface area (Å²) in [5, 5.41) is 12.5. The molecule has 1 unspecified atom stereocenters. The summed E-state index contributed by atoms with van der Waals surface area (Å²) in [4.78, 5) is 15.0. The van der Waals surface area contributed by atoms with Crippen LogP contribution < -0.4 is 5.32 Å². The van der Waals surface area contributed by atoms with E-state index in [0.717, 1.165) is 12.1 Å². The van der Waals surface area contributed by atoms with Gasteiger partial charge < -0.3 is 10.4 Å². The fourth-order valence-electron chi connectivity index (χ4n) is 3.31. The number of pyridine rings is 1. The highest BCUT2D eigenvalue weighted by atomic mass is 16.4. The number of carbonyl (C=O) groups is 1. The molecule has 2 fully saturated rings. The van der Waals surface area contributed by atoms with E-state index in [1.54, 1.807) is 6.07 Å². The third-order valence-corrected chi connectivity index (χ3v) is 4.14. The van der Waals surface area contributed by atoms with E-state index in [0.29, 0.717) is 18.0 Å². The Kier molecular flexibility index (Phi) is 3.04. The zero-order valence-corrected chi connectivity index (χ0v) is 10.3. The molecule has 18 heavy (non-hydrogen) atoms. The van der Waals surface area contributed by atoms with Crippen molar-refractivity contribution in [3.05, 3.63) is 29.6 Å². The van der Waals surface area contributed by atoms with Gasteiger partial charge in [-0.2, -0.15) is 0 Å². The van der Waals surface area contributed by atoms with Gasteiger partial charge in [0.05, 0.1) is 5.56 Å². The summed E-state index contributed by atoms with van der Waals surface area (Å²) in [7, 11) is 0. The molecule has 2 saturated heterocycles. The molecule has 4 nitrogen and oxygen atoms in total. The van der Waals surface area contributed by atoms with Crippen LogP contribution in [0.2, 0.25) is 0 Å². The Morgan fingerprint density at radius 3 is 2.61 bits per heavy atom. The highest BCUT2D eigenvalue weighted by Crippen LogP contribution is 2.32. The van der Waals surface area contributed by atoms with Crippen LogP contribution in [-0.2, 0) is 6.42 Å². The standard InChI is InChI=1S/C14H18N2O2/c17-14(18)10-1-2-11(15-8-10)5-9-6-12-3-4-13(7-9)16-12/h1-2,8-9,12-13,16H,3-7H2,(H,17,18)/t9?,12-,13+. The maximum Gasteiger partial charge on any atom is 0.337 e. The van der Waals surface area contributed by atoms with Crippen molar-refractivity contribution in [2.45, 2.75) is 44.2 Å². The summed E-state index contributed by atoms with van der Waals surface area (Å²) in [6.45, 7) is 0. The number of aromatic carboxylic acids is 1. The molecule has 4 heteroatoms. The van der Waals surface area contributed by atoms with Crippen molar-refractivity contribution in [3.8, 4) is 0 Å². The highest BCUT2D eigenvalue weighted by molar-refractivity contribution is 5.87. The maximum atomic E-state index is 10.7. The zero-order chi connectivity index (χ0) is 12.5. The number of piperidine rings is 1. The number of rotatable bonds is 3. The lowest BCUT2D eigenvalue weighted by Gasteiger charge is -2.28. The Balaban J connectivity index is 1.64. The van der Waals surface area contributed by atoms with Gasteiger partial charge in [0.15, 0.2) is 0 Å². The monoisotopic (exact) mass is 246 g/mol. The summed E-state index contributed by atoms with van der Waals surface area (Å²) in [6.07, 6.45) is 7.54. The molecular formula is C14H18N2O2. The number of hydrogen-bond acceptors (Lipinski definition) is 3. The molecule has 0 radical (unpaired) electrons. The van der Waals surface area contributed by atoms with E-state index < -0.39 is 5.97 Å². The molecule has 3 heterocycles. The van der Waals surface area contributed by atoms with Crippen molar-refractivity contribution in [3.63, 3.8) is 0 Å². The van der Waals surface area contributed by atoms with Crippen LogP contribution in [0.5, 0.6) is 0 Å². The third-order valence-electron chi connectivity index (χ3n) is 4.14. The van der Waals surface area contributed by atoms with Crippen molar-refractivity contribution in [2.24, 2.45) is 5.92 Å². The second kappa shape index (κ2) is 4.69. The molecular weight excluding hydrogens is 228 g/mol. The fraction of sp³-hybridized carbons (Fsp3) is 0.571. The summed E-state index contributed by atoms with van der Waals surface area (Å²) in [5.41, 5.74) is 1.29. The second-order valence-corrected chi connectivity index (χ2v) is 5.52. The van der Waals surface area contributed by atoms with Gasteiger partial charge in [-0.25, -0.2) is 4.79 Å². The van der Waals surface area contributed by atoms with Crippen molar-refractivity contribution in [1.29, 1.82) is 0 Å². The molecule has 0 amide bonds. The van der Waals surface area contributed by atoms with Crippen LogP contribution in [0.4, 0.5) is 0 Å². The van der Waals surface area contributed by atoms with E-state index in [1.165, 1.54) is 31.9 Å². The minimum atomic E-state index is -0.908. The quantitative estimate of drug-likeness (QED) is 0.854. The largest absolute Gasteiger partial charge is 0.478 e. The molecule has 2 N–H and O–H groups in total. The normalized spacial score (nSPS) is 30.3. The first kappa shape index (κ1) is 11.7. The molecule has 0 aromatic carbocycles. The SMILES string of the molecule is O=C(O)c1ccc(CC2C[C@H]3CC[C@@H](C2)N3)nc1. The first-order chi connectivity index (χ1) is 8.70. The summed E-state index contributed by atoms with van der Waals surface area (Å²) in [6, 6.07) is 4.91. The molecule has 1 aromatic rings. The van der Waals surface area contributed by atoms with Gasteiger partial charge in [0, 0.05) is 24.0 Å². The lowest BCUT2D eigenvalue weighted by molar-refractivity contribution is 0.0696. The fourth-order valence-corrected chi connectivity index (χ4v) is 3.31. The van der Waals surface area contributed by atoms with Crippen LogP contribution in [-0.4, -0.2) is 28.1 Å². The topological polar surface area (TPSA) is 62.2 Å². The van der Waals surface area contributed by atoms with Gasteiger partial charge in [-0.05, 0) is 50.2 Å².